The maximum Gasteiger partial charge on any atom is 0.314 e. The van der Waals surface area contributed by atoms with Crippen LogP contribution >= 0.6 is 0 Å². The normalized spacial score (nSPS) is 24.6. The highest BCUT2D eigenvalue weighted by Gasteiger charge is 2.23. The highest BCUT2D eigenvalue weighted by Crippen LogP contribution is 2.20. The Morgan fingerprint density at radius 3 is 2.25 bits per heavy atom. The second-order valence-corrected chi connectivity index (χ2v) is 5.13. The number of hydrogen-bond acceptors (Lipinski definition) is 2. The summed E-state index contributed by atoms with van der Waals surface area (Å²) in [5, 5.41) is 0. The Morgan fingerprint density at radius 2 is 1.69 bits per heavy atom. The van der Waals surface area contributed by atoms with E-state index in [1.54, 1.807) is 4.90 Å². The molecule has 0 bridgehead atoms. The fraction of sp³-hybridized carbons (Fsp3) is 0.917. The molecular formula is C12H23N3O. The van der Waals surface area contributed by atoms with Gasteiger partial charge >= 0.3 is 6.03 Å². The third-order valence-electron chi connectivity index (χ3n) is 3.89. The van der Waals surface area contributed by atoms with Crippen LogP contribution in [-0.2, 0) is 0 Å². The molecule has 2 aliphatic heterocycles. The monoisotopic (exact) mass is 225 g/mol. The van der Waals surface area contributed by atoms with Crippen molar-refractivity contribution in [1.29, 1.82) is 0 Å². The van der Waals surface area contributed by atoms with E-state index < -0.39 is 0 Å². The SMILES string of the molecule is NC(=O)N1CCC(CN2CCCCC2)CC1. The van der Waals surface area contributed by atoms with Crippen LogP contribution in [0.1, 0.15) is 32.1 Å². The Hall–Kier alpha value is -0.770. The van der Waals surface area contributed by atoms with Gasteiger partial charge in [-0.25, -0.2) is 4.79 Å². The number of carbonyl (C=O) groups is 1. The van der Waals surface area contributed by atoms with E-state index in [-0.39, 0.29) is 6.03 Å². The van der Waals surface area contributed by atoms with Gasteiger partial charge in [-0.15, -0.1) is 0 Å². The molecule has 2 saturated heterocycles. The molecular weight excluding hydrogens is 202 g/mol. The maximum atomic E-state index is 11.0. The molecule has 0 aromatic heterocycles. The number of amides is 2. The molecule has 2 N–H and O–H groups in total. The minimum Gasteiger partial charge on any atom is -0.351 e. The van der Waals surface area contributed by atoms with Crippen molar-refractivity contribution in [3.63, 3.8) is 0 Å². The van der Waals surface area contributed by atoms with Crippen LogP contribution in [0.2, 0.25) is 0 Å². The van der Waals surface area contributed by atoms with Crippen LogP contribution in [0, 0.1) is 5.92 Å². The number of primary amides is 1. The zero-order valence-electron chi connectivity index (χ0n) is 10.0. The fourth-order valence-electron chi connectivity index (χ4n) is 2.84. The van der Waals surface area contributed by atoms with E-state index in [4.69, 9.17) is 5.73 Å². The average molecular weight is 225 g/mol. The van der Waals surface area contributed by atoms with Crippen LogP contribution in [0.15, 0.2) is 0 Å². The van der Waals surface area contributed by atoms with Gasteiger partial charge in [0.25, 0.3) is 0 Å². The molecule has 0 saturated carbocycles. The molecule has 2 amide bonds. The van der Waals surface area contributed by atoms with E-state index in [0.29, 0.717) is 0 Å². The maximum absolute atomic E-state index is 11.0. The number of piperidine rings is 2. The lowest BCUT2D eigenvalue weighted by Crippen LogP contribution is -2.44. The molecule has 92 valence electrons. The van der Waals surface area contributed by atoms with E-state index in [1.807, 2.05) is 0 Å². The first-order valence-corrected chi connectivity index (χ1v) is 6.52. The third kappa shape index (κ3) is 3.11. The summed E-state index contributed by atoms with van der Waals surface area (Å²) in [6.07, 6.45) is 6.37. The van der Waals surface area contributed by atoms with E-state index in [2.05, 4.69) is 4.90 Å². The van der Waals surface area contributed by atoms with Crippen LogP contribution in [-0.4, -0.2) is 48.6 Å². The van der Waals surface area contributed by atoms with Crippen LogP contribution in [0.25, 0.3) is 0 Å². The number of nitrogens with two attached hydrogens (primary N) is 1. The molecule has 0 radical (unpaired) electrons. The van der Waals surface area contributed by atoms with E-state index in [9.17, 15) is 4.79 Å². The van der Waals surface area contributed by atoms with Crippen molar-refractivity contribution in [2.75, 3.05) is 32.7 Å². The Kier molecular flexibility index (Phi) is 4.04. The lowest BCUT2D eigenvalue weighted by molar-refractivity contribution is 0.140. The largest absolute Gasteiger partial charge is 0.351 e. The summed E-state index contributed by atoms with van der Waals surface area (Å²) in [5.74, 6) is 0.772. The number of rotatable bonds is 2. The van der Waals surface area contributed by atoms with Crippen molar-refractivity contribution in [3.8, 4) is 0 Å². The van der Waals surface area contributed by atoms with Crippen LogP contribution in [0.3, 0.4) is 0 Å². The number of carbonyl (C=O) groups excluding carboxylic acids is 1. The second-order valence-electron chi connectivity index (χ2n) is 5.13. The van der Waals surface area contributed by atoms with E-state index in [0.717, 1.165) is 31.8 Å². The predicted molar refractivity (Wildman–Crippen MR) is 64.2 cm³/mol. The lowest BCUT2D eigenvalue weighted by atomic mass is 9.95. The minimum absolute atomic E-state index is 0.253. The van der Waals surface area contributed by atoms with Gasteiger partial charge in [-0.3, -0.25) is 0 Å². The quantitative estimate of drug-likeness (QED) is 0.769. The van der Waals surface area contributed by atoms with Gasteiger partial charge in [-0.05, 0) is 44.7 Å². The molecule has 0 aromatic rings. The smallest absolute Gasteiger partial charge is 0.314 e. The van der Waals surface area contributed by atoms with Crippen molar-refractivity contribution in [2.45, 2.75) is 32.1 Å². The van der Waals surface area contributed by atoms with Crippen molar-refractivity contribution >= 4 is 6.03 Å². The molecule has 0 aromatic carbocycles. The first kappa shape index (κ1) is 11.7. The highest BCUT2D eigenvalue weighted by molar-refractivity contribution is 5.72. The molecule has 0 spiro atoms. The van der Waals surface area contributed by atoms with Crippen molar-refractivity contribution in [3.05, 3.63) is 0 Å². The van der Waals surface area contributed by atoms with Gasteiger partial charge in [-0.2, -0.15) is 0 Å². The van der Waals surface area contributed by atoms with Gasteiger partial charge in [0.2, 0.25) is 0 Å². The summed E-state index contributed by atoms with van der Waals surface area (Å²) >= 11 is 0. The molecule has 0 unspecified atom stereocenters. The van der Waals surface area contributed by atoms with Gasteiger partial charge < -0.3 is 15.5 Å². The Morgan fingerprint density at radius 1 is 1.06 bits per heavy atom. The Bertz CT molecular complexity index is 230. The topological polar surface area (TPSA) is 49.6 Å². The summed E-state index contributed by atoms with van der Waals surface area (Å²) in [6, 6.07) is -0.253. The van der Waals surface area contributed by atoms with Crippen LogP contribution in [0.5, 0.6) is 0 Å². The molecule has 0 aliphatic carbocycles. The summed E-state index contributed by atoms with van der Waals surface area (Å²) in [7, 11) is 0. The zero-order chi connectivity index (χ0) is 11.4. The van der Waals surface area contributed by atoms with Crippen molar-refractivity contribution in [1.82, 2.24) is 9.80 Å². The molecule has 4 heteroatoms. The van der Waals surface area contributed by atoms with Crippen LogP contribution < -0.4 is 5.73 Å². The molecule has 0 atom stereocenters. The number of hydrogen-bond donors (Lipinski definition) is 1. The Balaban J connectivity index is 1.70. The van der Waals surface area contributed by atoms with Crippen molar-refractivity contribution < 1.29 is 4.79 Å². The number of likely N-dealkylation sites (tertiary alicyclic amines) is 2. The van der Waals surface area contributed by atoms with E-state index >= 15 is 0 Å². The lowest BCUT2D eigenvalue weighted by Gasteiger charge is -2.35. The van der Waals surface area contributed by atoms with Crippen molar-refractivity contribution in [2.24, 2.45) is 11.7 Å². The van der Waals surface area contributed by atoms with Gasteiger partial charge in [0.15, 0.2) is 0 Å². The summed E-state index contributed by atoms with van der Waals surface area (Å²) in [6.45, 7) is 5.49. The first-order valence-electron chi connectivity index (χ1n) is 6.52. The van der Waals surface area contributed by atoms with Crippen LogP contribution in [0.4, 0.5) is 4.79 Å². The molecule has 2 rings (SSSR count). The molecule has 2 heterocycles. The summed E-state index contributed by atoms with van der Waals surface area (Å²) in [4.78, 5) is 15.4. The molecule has 2 aliphatic rings. The number of nitrogens with zero attached hydrogens (tertiary/aromatic N) is 2. The average Bonchev–Trinajstić information content (AvgIpc) is 2.31. The molecule has 16 heavy (non-hydrogen) atoms. The minimum atomic E-state index is -0.253. The van der Waals surface area contributed by atoms with Gasteiger partial charge in [0.1, 0.15) is 0 Å². The molecule has 2 fully saturated rings. The zero-order valence-corrected chi connectivity index (χ0v) is 10.0. The Labute approximate surface area is 97.8 Å². The van der Waals surface area contributed by atoms with Gasteiger partial charge in [0.05, 0.1) is 0 Å². The first-order chi connectivity index (χ1) is 7.75. The predicted octanol–water partition coefficient (Wildman–Crippen LogP) is 1.26. The van der Waals surface area contributed by atoms with E-state index in [1.165, 1.54) is 38.9 Å². The van der Waals surface area contributed by atoms with Gasteiger partial charge in [0, 0.05) is 19.6 Å². The third-order valence-corrected chi connectivity index (χ3v) is 3.89. The summed E-state index contributed by atoms with van der Waals surface area (Å²) < 4.78 is 0. The fourth-order valence-corrected chi connectivity index (χ4v) is 2.84. The number of urea groups is 1. The second kappa shape index (κ2) is 5.53. The summed E-state index contributed by atoms with van der Waals surface area (Å²) in [5.41, 5.74) is 5.27. The van der Waals surface area contributed by atoms with Gasteiger partial charge in [-0.1, -0.05) is 6.42 Å². The standard InChI is InChI=1S/C12H23N3O/c13-12(16)15-8-4-11(5-9-15)10-14-6-2-1-3-7-14/h11H,1-10H2,(H2,13,16). The highest BCUT2D eigenvalue weighted by atomic mass is 16.2. The molecule has 4 nitrogen and oxygen atoms in total.